The summed E-state index contributed by atoms with van der Waals surface area (Å²) in [6.45, 7) is 3.00. The Kier molecular flexibility index (Phi) is 4.18. The van der Waals surface area contributed by atoms with E-state index in [1.807, 2.05) is 18.2 Å². The first-order chi connectivity index (χ1) is 12.8. The average molecular weight is 346 g/mol. The lowest BCUT2D eigenvalue weighted by molar-refractivity contribution is 0.475. The summed E-state index contributed by atoms with van der Waals surface area (Å²) in [4.78, 5) is 4.60. The molecular weight excluding hydrogens is 328 g/mol. The molecule has 4 rings (SSSR count). The van der Waals surface area contributed by atoms with Gasteiger partial charge in [-0.05, 0) is 42.3 Å². The lowest BCUT2D eigenvalue weighted by atomic mass is 10.2. The van der Waals surface area contributed by atoms with E-state index < -0.39 is 0 Å². The van der Waals surface area contributed by atoms with Crippen molar-refractivity contribution in [1.82, 2.24) is 19.7 Å². The maximum atomic E-state index is 9.30. The quantitative estimate of drug-likeness (QED) is 0.426. The number of hydrazone groups is 1. The van der Waals surface area contributed by atoms with Crippen molar-refractivity contribution in [2.45, 2.75) is 19.9 Å². The van der Waals surface area contributed by atoms with Crippen molar-refractivity contribution in [1.29, 1.82) is 0 Å². The number of para-hydroxylation sites is 1. The molecule has 2 heterocycles. The largest absolute Gasteiger partial charge is 0.508 e. The van der Waals surface area contributed by atoms with Crippen molar-refractivity contribution >= 4 is 34.2 Å². The SMILES string of the molecule is CCCn1c2ccccc2c2nnc(N/N=C/c3ccc(O)cc3)nc21. The molecule has 0 aliphatic rings. The zero-order chi connectivity index (χ0) is 17.9. The molecule has 26 heavy (non-hydrogen) atoms. The molecule has 0 aliphatic heterocycles. The second-order valence-electron chi connectivity index (χ2n) is 5.94. The van der Waals surface area contributed by atoms with Gasteiger partial charge in [-0.25, -0.2) is 5.43 Å². The van der Waals surface area contributed by atoms with Gasteiger partial charge < -0.3 is 9.67 Å². The first kappa shape index (κ1) is 16.0. The Bertz CT molecular complexity index is 1080. The van der Waals surface area contributed by atoms with Crippen LogP contribution in [-0.2, 0) is 6.54 Å². The van der Waals surface area contributed by atoms with E-state index in [9.17, 15) is 5.11 Å². The van der Waals surface area contributed by atoms with Gasteiger partial charge >= 0.3 is 0 Å². The number of aryl methyl sites for hydroxylation is 1. The third-order valence-electron chi connectivity index (χ3n) is 4.09. The summed E-state index contributed by atoms with van der Waals surface area (Å²) in [6.07, 6.45) is 2.63. The molecule has 130 valence electrons. The number of phenolic OH excluding ortho intramolecular Hbond substituents is 1. The molecule has 2 N–H and O–H groups in total. The van der Waals surface area contributed by atoms with E-state index in [1.165, 1.54) is 0 Å². The third kappa shape index (κ3) is 2.95. The number of rotatable bonds is 5. The number of hydrogen-bond acceptors (Lipinski definition) is 6. The Labute approximate surface area is 150 Å². The average Bonchev–Trinajstić information content (AvgIpc) is 2.97. The maximum Gasteiger partial charge on any atom is 0.265 e. The van der Waals surface area contributed by atoms with Crippen molar-refractivity contribution in [2.75, 3.05) is 5.43 Å². The van der Waals surface area contributed by atoms with Gasteiger partial charge in [-0.15, -0.1) is 10.2 Å². The second-order valence-corrected chi connectivity index (χ2v) is 5.94. The van der Waals surface area contributed by atoms with Crippen LogP contribution in [0, 0.1) is 0 Å². The van der Waals surface area contributed by atoms with Crippen molar-refractivity contribution in [3.63, 3.8) is 0 Å². The molecule has 7 heteroatoms. The fourth-order valence-corrected chi connectivity index (χ4v) is 2.93. The summed E-state index contributed by atoms with van der Waals surface area (Å²) < 4.78 is 2.16. The lowest BCUT2D eigenvalue weighted by Gasteiger charge is -2.04. The van der Waals surface area contributed by atoms with Gasteiger partial charge in [-0.1, -0.05) is 25.1 Å². The Hall–Kier alpha value is -3.48. The topological polar surface area (TPSA) is 88.2 Å². The standard InChI is InChI=1S/C19H18N6O/c1-2-11-25-16-6-4-3-5-15(16)17-18(25)21-19(24-22-17)23-20-12-13-7-9-14(26)10-8-13/h3-10,12,26H,2,11H2,1H3,(H,21,23,24)/b20-12+. The minimum absolute atomic E-state index is 0.219. The Balaban J connectivity index is 1.67. The number of phenols is 1. The number of anilines is 1. The Morgan fingerprint density at radius 2 is 1.92 bits per heavy atom. The van der Waals surface area contributed by atoms with Crippen molar-refractivity contribution in [3.05, 3.63) is 54.1 Å². The van der Waals surface area contributed by atoms with Crippen LogP contribution in [-0.4, -0.2) is 31.1 Å². The molecule has 2 aromatic heterocycles. The van der Waals surface area contributed by atoms with Gasteiger partial charge in [-0.2, -0.15) is 10.1 Å². The second kappa shape index (κ2) is 6.79. The molecular formula is C19H18N6O. The maximum absolute atomic E-state index is 9.30. The van der Waals surface area contributed by atoms with Gasteiger partial charge in [0.2, 0.25) is 0 Å². The smallest absolute Gasteiger partial charge is 0.265 e. The predicted octanol–water partition coefficient (Wildman–Crippen LogP) is 3.54. The first-order valence-corrected chi connectivity index (χ1v) is 8.46. The lowest BCUT2D eigenvalue weighted by Crippen LogP contribution is -2.03. The van der Waals surface area contributed by atoms with Crippen LogP contribution in [0.1, 0.15) is 18.9 Å². The van der Waals surface area contributed by atoms with Crippen LogP contribution in [0.4, 0.5) is 5.95 Å². The number of nitrogens with one attached hydrogen (secondary N) is 1. The van der Waals surface area contributed by atoms with Crippen LogP contribution in [0.3, 0.4) is 0 Å². The van der Waals surface area contributed by atoms with Crippen LogP contribution in [0.25, 0.3) is 22.1 Å². The summed E-state index contributed by atoms with van der Waals surface area (Å²) in [5, 5.41) is 23.0. The summed E-state index contributed by atoms with van der Waals surface area (Å²) in [5.74, 6) is 0.560. The van der Waals surface area contributed by atoms with E-state index in [1.54, 1.807) is 30.5 Å². The molecule has 0 amide bonds. The minimum Gasteiger partial charge on any atom is -0.508 e. The molecule has 0 saturated heterocycles. The highest BCUT2D eigenvalue weighted by atomic mass is 16.3. The zero-order valence-corrected chi connectivity index (χ0v) is 14.3. The fraction of sp³-hybridized carbons (Fsp3) is 0.158. The summed E-state index contributed by atoms with van der Waals surface area (Å²) in [6, 6.07) is 14.9. The van der Waals surface area contributed by atoms with E-state index >= 15 is 0 Å². The van der Waals surface area contributed by atoms with Crippen LogP contribution in [0.5, 0.6) is 5.75 Å². The number of aromatic hydroxyl groups is 1. The van der Waals surface area contributed by atoms with Crippen LogP contribution >= 0.6 is 0 Å². The van der Waals surface area contributed by atoms with Crippen molar-refractivity contribution in [3.8, 4) is 5.75 Å². The van der Waals surface area contributed by atoms with Gasteiger partial charge in [0, 0.05) is 11.9 Å². The molecule has 0 fully saturated rings. The number of nitrogens with zero attached hydrogens (tertiary/aromatic N) is 5. The first-order valence-electron chi connectivity index (χ1n) is 8.46. The van der Waals surface area contributed by atoms with Gasteiger partial charge in [0.1, 0.15) is 11.3 Å². The molecule has 0 saturated carbocycles. The fourth-order valence-electron chi connectivity index (χ4n) is 2.93. The summed E-state index contributed by atoms with van der Waals surface area (Å²) in [5.41, 5.74) is 6.37. The molecule has 0 atom stereocenters. The van der Waals surface area contributed by atoms with E-state index in [0.29, 0.717) is 5.95 Å². The number of benzene rings is 2. The third-order valence-corrected chi connectivity index (χ3v) is 4.09. The summed E-state index contributed by atoms with van der Waals surface area (Å²) >= 11 is 0. The van der Waals surface area contributed by atoms with E-state index in [4.69, 9.17) is 0 Å². The highest BCUT2D eigenvalue weighted by Gasteiger charge is 2.13. The van der Waals surface area contributed by atoms with Gasteiger partial charge in [0.05, 0.1) is 11.7 Å². The summed E-state index contributed by atoms with van der Waals surface area (Å²) in [7, 11) is 0. The number of fused-ring (bicyclic) bond motifs is 3. The highest BCUT2D eigenvalue weighted by molar-refractivity contribution is 6.04. The molecule has 0 radical (unpaired) electrons. The molecule has 4 aromatic rings. The van der Waals surface area contributed by atoms with Crippen molar-refractivity contribution < 1.29 is 5.11 Å². The predicted molar refractivity (Wildman–Crippen MR) is 102 cm³/mol. The number of hydrogen-bond donors (Lipinski definition) is 2. The van der Waals surface area contributed by atoms with Gasteiger partial charge in [0.25, 0.3) is 5.95 Å². The van der Waals surface area contributed by atoms with Crippen LogP contribution in [0.2, 0.25) is 0 Å². The molecule has 7 nitrogen and oxygen atoms in total. The molecule has 0 spiro atoms. The molecule has 0 bridgehead atoms. The monoisotopic (exact) mass is 346 g/mol. The van der Waals surface area contributed by atoms with E-state index in [2.05, 4.69) is 43.3 Å². The van der Waals surface area contributed by atoms with Crippen LogP contribution < -0.4 is 5.43 Å². The molecule has 0 unspecified atom stereocenters. The molecule has 2 aromatic carbocycles. The van der Waals surface area contributed by atoms with Gasteiger partial charge in [-0.3, -0.25) is 0 Å². The normalized spacial score (nSPS) is 11.6. The molecule has 0 aliphatic carbocycles. The van der Waals surface area contributed by atoms with Crippen molar-refractivity contribution in [2.24, 2.45) is 5.10 Å². The van der Waals surface area contributed by atoms with E-state index in [0.717, 1.165) is 40.6 Å². The van der Waals surface area contributed by atoms with Gasteiger partial charge in [0.15, 0.2) is 5.65 Å². The highest BCUT2D eigenvalue weighted by Crippen LogP contribution is 2.26. The Morgan fingerprint density at radius 1 is 1.12 bits per heavy atom. The van der Waals surface area contributed by atoms with E-state index in [-0.39, 0.29) is 5.75 Å². The number of aromatic nitrogens is 4. The zero-order valence-electron chi connectivity index (χ0n) is 14.3. The minimum atomic E-state index is 0.219. The Morgan fingerprint density at radius 3 is 2.73 bits per heavy atom. The van der Waals surface area contributed by atoms with Crippen LogP contribution in [0.15, 0.2) is 53.6 Å².